The molecule has 0 saturated carbocycles. The Kier molecular flexibility index (Phi) is 39.0. The van der Waals surface area contributed by atoms with Crippen molar-refractivity contribution in [1.82, 2.24) is 5.32 Å². The Bertz CT molecular complexity index is 1210. The van der Waals surface area contributed by atoms with Gasteiger partial charge in [0.15, 0.2) is 12.6 Å². The van der Waals surface area contributed by atoms with Crippen molar-refractivity contribution in [2.75, 3.05) is 19.8 Å². The smallest absolute Gasteiger partial charge is 0.220 e. The van der Waals surface area contributed by atoms with Gasteiger partial charge in [-0.1, -0.05) is 225 Å². The molecule has 12 atom stereocenters. The predicted octanol–water partition coefficient (Wildman–Crippen LogP) is 8.72. The Morgan fingerprint density at radius 3 is 1.33 bits per heavy atom. The lowest BCUT2D eigenvalue weighted by Crippen LogP contribution is -2.65. The number of rotatable bonds is 45. The quantitative estimate of drug-likeness (QED) is 0.0206. The number of aliphatic hydroxyl groups excluding tert-OH is 8. The summed E-state index contributed by atoms with van der Waals surface area (Å²) in [4.78, 5) is 13.2. The molecule has 0 radical (unpaired) electrons. The monoisotopic (exact) mass is 988 g/mol. The van der Waals surface area contributed by atoms with Gasteiger partial charge < -0.3 is 65.1 Å². The standard InChI is InChI=1S/C55H105NO13/c1-3-5-7-9-11-13-15-16-17-18-19-20-21-22-23-24-25-26-27-29-30-32-34-36-38-44(59)43(56-47(60)39-37-35-33-31-28-14-12-10-8-6-4-2)42-66-54-52(65)50(63)53(46(41-58)68-54)69-55-51(64)49(62)48(61)45(40-57)67-55/h36,38,43-46,48-55,57-59,61-65H,3-35,37,39-42H2,1-2H3,(H,56,60)/b38-36+. The molecule has 2 saturated heterocycles. The number of aliphatic hydroxyl groups is 8. The third kappa shape index (κ3) is 28.7. The minimum Gasteiger partial charge on any atom is -0.394 e. The van der Waals surface area contributed by atoms with Crippen LogP contribution in [0.3, 0.4) is 0 Å². The van der Waals surface area contributed by atoms with E-state index in [0.29, 0.717) is 6.42 Å². The summed E-state index contributed by atoms with van der Waals surface area (Å²) in [7, 11) is 0. The van der Waals surface area contributed by atoms with Crippen molar-refractivity contribution >= 4 is 5.91 Å². The maximum Gasteiger partial charge on any atom is 0.220 e. The van der Waals surface area contributed by atoms with Crippen molar-refractivity contribution in [2.45, 2.75) is 312 Å². The van der Waals surface area contributed by atoms with Crippen LogP contribution in [0.25, 0.3) is 0 Å². The first-order valence-corrected chi connectivity index (χ1v) is 28.4. The SMILES string of the molecule is CCCCCCCCCCCCCCCCCCCCCCCC/C=C/C(O)C(COC1OC(CO)C(OC2OC(CO)C(O)C(O)C2O)C(O)C1O)NC(=O)CCCCCCCCCCCCC. The maximum atomic E-state index is 13.2. The van der Waals surface area contributed by atoms with E-state index in [2.05, 4.69) is 19.2 Å². The van der Waals surface area contributed by atoms with Crippen LogP contribution in [-0.2, 0) is 23.7 Å². The van der Waals surface area contributed by atoms with Gasteiger partial charge in [-0.15, -0.1) is 0 Å². The zero-order valence-corrected chi connectivity index (χ0v) is 43.6. The molecule has 0 aromatic rings. The first-order valence-electron chi connectivity index (χ1n) is 28.4. The fourth-order valence-electron chi connectivity index (χ4n) is 9.59. The van der Waals surface area contributed by atoms with Crippen molar-refractivity contribution in [2.24, 2.45) is 0 Å². The van der Waals surface area contributed by atoms with Gasteiger partial charge in [-0.3, -0.25) is 4.79 Å². The van der Waals surface area contributed by atoms with E-state index in [-0.39, 0.29) is 18.9 Å². The number of hydrogen-bond acceptors (Lipinski definition) is 13. The largest absolute Gasteiger partial charge is 0.394 e. The molecule has 0 aromatic carbocycles. The number of amides is 1. The van der Waals surface area contributed by atoms with Gasteiger partial charge in [0.05, 0.1) is 32.0 Å². The highest BCUT2D eigenvalue weighted by Gasteiger charge is 2.51. The Morgan fingerprint density at radius 2 is 0.899 bits per heavy atom. The van der Waals surface area contributed by atoms with Gasteiger partial charge in [0.25, 0.3) is 0 Å². The molecule has 0 aliphatic carbocycles. The van der Waals surface area contributed by atoms with Crippen molar-refractivity contribution in [3.05, 3.63) is 12.2 Å². The topological polar surface area (TPSA) is 228 Å². The van der Waals surface area contributed by atoms with Gasteiger partial charge in [0.1, 0.15) is 48.8 Å². The molecule has 0 bridgehead atoms. The van der Waals surface area contributed by atoms with Crippen LogP contribution in [0.1, 0.15) is 239 Å². The van der Waals surface area contributed by atoms with Crippen molar-refractivity contribution in [3.8, 4) is 0 Å². The summed E-state index contributed by atoms with van der Waals surface area (Å²) in [6.45, 7) is 2.80. The Labute approximate surface area is 418 Å². The molecule has 2 aliphatic rings. The van der Waals surface area contributed by atoms with E-state index in [4.69, 9.17) is 18.9 Å². The molecule has 69 heavy (non-hydrogen) atoms. The minimum atomic E-state index is -1.78. The third-order valence-corrected chi connectivity index (χ3v) is 14.2. The molecule has 14 heteroatoms. The van der Waals surface area contributed by atoms with Gasteiger partial charge in [0, 0.05) is 6.42 Å². The van der Waals surface area contributed by atoms with Crippen LogP contribution in [0.4, 0.5) is 0 Å². The van der Waals surface area contributed by atoms with Gasteiger partial charge >= 0.3 is 0 Å². The zero-order chi connectivity index (χ0) is 50.3. The molecule has 0 spiro atoms. The van der Waals surface area contributed by atoms with E-state index in [0.717, 1.165) is 38.5 Å². The van der Waals surface area contributed by atoms with Crippen LogP contribution >= 0.6 is 0 Å². The molecule has 14 nitrogen and oxygen atoms in total. The number of hydrogen-bond donors (Lipinski definition) is 9. The molecule has 0 aromatic heterocycles. The summed E-state index contributed by atoms with van der Waals surface area (Å²) in [5.41, 5.74) is 0. The third-order valence-electron chi connectivity index (χ3n) is 14.2. The van der Waals surface area contributed by atoms with Crippen LogP contribution in [0.15, 0.2) is 12.2 Å². The summed E-state index contributed by atoms with van der Waals surface area (Å²) >= 11 is 0. The molecule has 408 valence electrons. The summed E-state index contributed by atoms with van der Waals surface area (Å²) in [6.07, 6.45) is 29.8. The van der Waals surface area contributed by atoms with Crippen molar-refractivity contribution < 1.29 is 64.6 Å². The molecule has 2 heterocycles. The lowest BCUT2D eigenvalue weighted by molar-refractivity contribution is -0.359. The molecule has 2 aliphatic heterocycles. The average molecular weight is 988 g/mol. The molecular formula is C55H105NO13. The van der Waals surface area contributed by atoms with Crippen molar-refractivity contribution in [1.29, 1.82) is 0 Å². The second-order valence-corrected chi connectivity index (χ2v) is 20.4. The van der Waals surface area contributed by atoms with Crippen LogP contribution in [0, 0.1) is 0 Å². The molecule has 1 amide bonds. The lowest BCUT2D eigenvalue weighted by atomic mass is 9.97. The first-order chi connectivity index (χ1) is 33.6. The van der Waals surface area contributed by atoms with E-state index in [9.17, 15) is 45.6 Å². The molecule has 9 N–H and O–H groups in total. The van der Waals surface area contributed by atoms with Gasteiger partial charge in [-0.05, 0) is 19.3 Å². The maximum absolute atomic E-state index is 13.2. The van der Waals surface area contributed by atoms with E-state index < -0.39 is 86.8 Å². The number of unbranched alkanes of at least 4 members (excludes halogenated alkanes) is 32. The zero-order valence-electron chi connectivity index (χ0n) is 43.6. The van der Waals surface area contributed by atoms with Crippen LogP contribution in [0.2, 0.25) is 0 Å². The van der Waals surface area contributed by atoms with Crippen LogP contribution < -0.4 is 5.32 Å². The lowest BCUT2D eigenvalue weighted by Gasteiger charge is -2.46. The molecule has 2 fully saturated rings. The van der Waals surface area contributed by atoms with Gasteiger partial charge in [0.2, 0.25) is 5.91 Å². The second-order valence-electron chi connectivity index (χ2n) is 20.4. The van der Waals surface area contributed by atoms with Gasteiger partial charge in [-0.2, -0.15) is 0 Å². The fourth-order valence-corrected chi connectivity index (χ4v) is 9.59. The van der Waals surface area contributed by atoms with Crippen LogP contribution in [-0.4, -0.2) is 140 Å². The summed E-state index contributed by atoms with van der Waals surface area (Å²) < 4.78 is 22.7. The molecule has 12 unspecified atom stereocenters. The van der Waals surface area contributed by atoms with Crippen molar-refractivity contribution in [3.63, 3.8) is 0 Å². The fraction of sp³-hybridized carbons (Fsp3) is 0.945. The number of carbonyl (C=O) groups excluding carboxylic acids is 1. The number of allylic oxidation sites excluding steroid dienone is 1. The van der Waals surface area contributed by atoms with Crippen LogP contribution in [0.5, 0.6) is 0 Å². The second kappa shape index (κ2) is 42.1. The van der Waals surface area contributed by atoms with E-state index in [1.165, 1.54) is 173 Å². The average Bonchev–Trinajstić information content (AvgIpc) is 3.35. The first kappa shape index (κ1) is 63.8. The number of carbonyl (C=O) groups is 1. The van der Waals surface area contributed by atoms with E-state index >= 15 is 0 Å². The van der Waals surface area contributed by atoms with Gasteiger partial charge in [-0.25, -0.2) is 0 Å². The minimum absolute atomic E-state index is 0.238. The van der Waals surface area contributed by atoms with E-state index in [1.807, 2.05) is 6.08 Å². The Hall–Kier alpha value is -1.27. The highest BCUT2D eigenvalue weighted by molar-refractivity contribution is 5.76. The summed E-state index contributed by atoms with van der Waals surface area (Å²) in [5, 5.41) is 86.9. The molecular weight excluding hydrogens is 883 g/mol. The number of ether oxygens (including phenoxy) is 4. The molecule has 2 rings (SSSR count). The summed E-state index contributed by atoms with van der Waals surface area (Å²) in [6, 6.07) is -0.908. The Balaban J connectivity index is 1.75. The number of nitrogens with one attached hydrogen (secondary N) is 1. The highest BCUT2D eigenvalue weighted by atomic mass is 16.7. The predicted molar refractivity (Wildman–Crippen MR) is 272 cm³/mol. The highest BCUT2D eigenvalue weighted by Crippen LogP contribution is 2.30. The summed E-state index contributed by atoms with van der Waals surface area (Å²) in [5.74, 6) is -0.238. The normalized spacial score (nSPS) is 26.2. The van der Waals surface area contributed by atoms with E-state index in [1.54, 1.807) is 6.08 Å². The Morgan fingerprint density at radius 1 is 0.507 bits per heavy atom.